The second-order valence-electron chi connectivity index (χ2n) is 8.32. The monoisotopic (exact) mass is 384 g/mol. The van der Waals surface area contributed by atoms with E-state index in [1.54, 1.807) is 6.08 Å². The number of aryl methyl sites for hydroxylation is 1. The molecule has 0 spiro atoms. The Labute approximate surface area is 168 Å². The molecule has 0 amide bonds. The van der Waals surface area contributed by atoms with Crippen LogP contribution in [0.2, 0.25) is 0 Å². The van der Waals surface area contributed by atoms with Crippen LogP contribution >= 0.6 is 0 Å². The van der Waals surface area contributed by atoms with E-state index < -0.39 is 0 Å². The Bertz CT molecular complexity index is 675. The first-order valence-corrected chi connectivity index (χ1v) is 10.7. The molecule has 2 fully saturated rings. The van der Waals surface area contributed by atoms with Gasteiger partial charge in [-0.3, -0.25) is 4.79 Å². The molecule has 0 aromatic heterocycles. The molecule has 0 saturated heterocycles. The number of allylic oxidation sites excluding steroid dienone is 1. The largest absolute Gasteiger partial charge is 0.459 e. The highest BCUT2D eigenvalue weighted by Gasteiger charge is 2.34. The van der Waals surface area contributed by atoms with Crippen molar-refractivity contribution in [1.82, 2.24) is 0 Å². The van der Waals surface area contributed by atoms with Gasteiger partial charge in [0.1, 0.15) is 11.9 Å². The van der Waals surface area contributed by atoms with Crippen LogP contribution in [-0.2, 0) is 14.3 Å². The van der Waals surface area contributed by atoms with Gasteiger partial charge < -0.3 is 9.47 Å². The number of benzene rings is 1. The zero-order chi connectivity index (χ0) is 19.9. The van der Waals surface area contributed by atoms with Crippen LogP contribution in [0.5, 0.6) is 5.75 Å². The average Bonchev–Trinajstić information content (AvgIpc) is 2.70. The third-order valence-electron chi connectivity index (χ3n) is 6.32. The molecule has 2 aliphatic rings. The summed E-state index contributed by atoms with van der Waals surface area (Å²) in [5.74, 6) is 1.75. The van der Waals surface area contributed by atoms with Crippen molar-refractivity contribution in [2.45, 2.75) is 71.3 Å². The van der Waals surface area contributed by atoms with E-state index in [9.17, 15) is 9.59 Å². The Balaban J connectivity index is 1.40. The lowest BCUT2D eigenvalue weighted by molar-refractivity contribution is -0.145. The van der Waals surface area contributed by atoms with E-state index in [1.165, 1.54) is 6.08 Å². The Morgan fingerprint density at radius 2 is 1.46 bits per heavy atom. The van der Waals surface area contributed by atoms with E-state index in [0.717, 1.165) is 56.9 Å². The van der Waals surface area contributed by atoms with Crippen molar-refractivity contribution in [1.29, 1.82) is 0 Å². The van der Waals surface area contributed by atoms with E-state index in [0.29, 0.717) is 17.6 Å². The van der Waals surface area contributed by atoms with Crippen molar-refractivity contribution in [3.8, 4) is 5.75 Å². The summed E-state index contributed by atoms with van der Waals surface area (Å²) in [6.45, 7) is 3.84. The molecule has 0 N–H and O–H groups in total. The summed E-state index contributed by atoms with van der Waals surface area (Å²) in [6, 6.07) is 7.65. The summed E-state index contributed by atoms with van der Waals surface area (Å²) in [5.41, 5.74) is 1.16. The minimum Gasteiger partial charge on any atom is -0.459 e. The number of hydrogen-bond acceptors (Lipinski definition) is 4. The molecule has 0 atom stereocenters. The van der Waals surface area contributed by atoms with Gasteiger partial charge in [0.25, 0.3) is 0 Å². The highest BCUT2D eigenvalue weighted by atomic mass is 16.5. The summed E-state index contributed by atoms with van der Waals surface area (Å²) < 4.78 is 11.1. The molecule has 28 heavy (non-hydrogen) atoms. The van der Waals surface area contributed by atoms with Gasteiger partial charge in [0.2, 0.25) is 0 Å². The third-order valence-corrected chi connectivity index (χ3v) is 6.32. The topological polar surface area (TPSA) is 52.6 Å². The van der Waals surface area contributed by atoms with E-state index in [1.807, 2.05) is 38.1 Å². The molecule has 0 bridgehead atoms. The number of hydrogen-bond donors (Lipinski definition) is 0. The Morgan fingerprint density at radius 1 is 0.893 bits per heavy atom. The maximum atomic E-state index is 12.5. The lowest BCUT2D eigenvalue weighted by atomic mass is 9.70. The van der Waals surface area contributed by atoms with Gasteiger partial charge in [-0.15, -0.1) is 0 Å². The first-order chi connectivity index (χ1) is 13.5. The molecule has 0 unspecified atom stereocenters. The fourth-order valence-electron chi connectivity index (χ4n) is 4.65. The van der Waals surface area contributed by atoms with Gasteiger partial charge in [0.15, 0.2) is 0 Å². The second kappa shape index (κ2) is 9.90. The molecule has 152 valence electrons. The molecule has 0 heterocycles. The first kappa shape index (κ1) is 20.6. The summed E-state index contributed by atoms with van der Waals surface area (Å²) in [5, 5.41) is 0. The van der Waals surface area contributed by atoms with Crippen molar-refractivity contribution >= 4 is 11.9 Å². The van der Waals surface area contributed by atoms with E-state index in [-0.39, 0.29) is 24.0 Å². The molecule has 2 aliphatic carbocycles. The molecular formula is C24H32O4. The molecule has 1 aromatic carbocycles. The van der Waals surface area contributed by atoms with Crippen molar-refractivity contribution in [2.75, 3.05) is 0 Å². The fraction of sp³-hybridized carbons (Fsp3) is 0.583. The second-order valence-corrected chi connectivity index (χ2v) is 8.32. The Hall–Kier alpha value is -2.10. The zero-order valence-electron chi connectivity index (χ0n) is 17.1. The maximum absolute atomic E-state index is 12.5. The van der Waals surface area contributed by atoms with Gasteiger partial charge in [-0.1, -0.05) is 23.8 Å². The average molecular weight is 385 g/mol. The van der Waals surface area contributed by atoms with E-state index in [4.69, 9.17) is 9.47 Å². The summed E-state index contributed by atoms with van der Waals surface area (Å²) in [6.07, 6.45) is 11.5. The molecule has 1 aromatic rings. The molecule has 4 heteroatoms. The lowest BCUT2D eigenvalue weighted by Gasteiger charge is -2.37. The summed E-state index contributed by atoms with van der Waals surface area (Å²) in [7, 11) is 0. The van der Waals surface area contributed by atoms with Crippen molar-refractivity contribution < 1.29 is 19.1 Å². The summed E-state index contributed by atoms with van der Waals surface area (Å²) in [4.78, 5) is 24.0. The molecular weight excluding hydrogens is 352 g/mol. The number of ether oxygens (including phenoxy) is 2. The van der Waals surface area contributed by atoms with Gasteiger partial charge in [-0.05, 0) is 89.2 Å². The molecule has 0 radical (unpaired) electrons. The van der Waals surface area contributed by atoms with Crippen LogP contribution in [0, 0.1) is 24.7 Å². The zero-order valence-corrected chi connectivity index (χ0v) is 17.1. The Morgan fingerprint density at radius 3 is 2.04 bits per heavy atom. The number of carbonyl (C=O) groups is 2. The van der Waals surface area contributed by atoms with Gasteiger partial charge in [0, 0.05) is 6.08 Å². The third kappa shape index (κ3) is 5.70. The molecule has 0 aliphatic heterocycles. The standard InChI is InChI=1S/C24H32O4/c1-3-4-23(25)27-21-15-11-19(12-16-21)18-7-9-20(10-8-18)24(26)28-22-13-5-17(2)6-14-22/h3-6,13-14,18-21H,7-12,15-16H2,1-2H3/t18-,19-,20-,21-. The van der Waals surface area contributed by atoms with Crippen molar-refractivity contribution in [3.05, 3.63) is 42.0 Å². The van der Waals surface area contributed by atoms with E-state index in [2.05, 4.69) is 0 Å². The van der Waals surface area contributed by atoms with Crippen LogP contribution in [0.3, 0.4) is 0 Å². The quantitative estimate of drug-likeness (QED) is 0.388. The maximum Gasteiger partial charge on any atom is 0.330 e. The van der Waals surface area contributed by atoms with Gasteiger partial charge in [0.05, 0.1) is 5.92 Å². The first-order valence-electron chi connectivity index (χ1n) is 10.7. The van der Waals surface area contributed by atoms with Crippen LogP contribution in [0.1, 0.15) is 63.9 Å². The van der Waals surface area contributed by atoms with Crippen LogP contribution in [0.4, 0.5) is 0 Å². The van der Waals surface area contributed by atoms with Crippen LogP contribution in [-0.4, -0.2) is 18.0 Å². The van der Waals surface area contributed by atoms with Crippen molar-refractivity contribution in [3.63, 3.8) is 0 Å². The molecule has 3 rings (SSSR count). The summed E-state index contributed by atoms with van der Waals surface area (Å²) >= 11 is 0. The van der Waals surface area contributed by atoms with E-state index >= 15 is 0 Å². The number of esters is 2. The molecule has 4 nitrogen and oxygen atoms in total. The van der Waals surface area contributed by atoms with Crippen LogP contribution < -0.4 is 4.74 Å². The van der Waals surface area contributed by atoms with Gasteiger partial charge >= 0.3 is 11.9 Å². The molecule has 2 saturated carbocycles. The number of rotatable bonds is 5. The highest BCUT2D eigenvalue weighted by molar-refractivity contribution is 5.81. The normalized spacial score (nSPS) is 28.1. The number of carbonyl (C=O) groups excluding carboxylic acids is 2. The van der Waals surface area contributed by atoms with Crippen molar-refractivity contribution in [2.24, 2.45) is 17.8 Å². The predicted molar refractivity (Wildman–Crippen MR) is 109 cm³/mol. The Kier molecular flexibility index (Phi) is 7.30. The predicted octanol–water partition coefficient (Wildman–Crippen LogP) is 5.38. The fourth-order valence-corrected chi connectivity index (χ4v) is 4.65. The minimum atomic E-state index is -0.224. The van der Waals surface area contributed by atoms with Crippen LogP contribution in [0.15, 0.2) is 36.4 Å². The SMILES string of the molecule is CC=CC(=O)O[C@H]1CC[C@H]([C@H]2CC[C@H](C(=O)Oc3ccc(C)cc3)CC2)CC1. The van der Waals surface area contributed by atoms with Crippen LogP contribution in [0.25, 0.3) is 0 Å². The smallest absolute Gasteiger partial charge is 0.330 e. The van der Waals surface area contributed by atoms with Gasteiger partial charge in [-0.2, -0.15) is 0 Å². The highest BCUT2D eigenvalue weighted by Crippen LogP contribution is 2.40. The minimum absolute atomic E-state index is 0.0238. The lowest BCUT2D eigenvalue weighted by Crippen LogP contribution is -2.31. The van der Waals surface area contributed by atoms with Gasteiger partial charge in [-0.25, -0.2) is 4.79 Å².